The highest BCUT2D eigenvalue weighted by Crippen LogP contribution is 2.17. The molecule has 0 amide bonds. The third-order valence-corrected chi connectivity index (χ3v) is 4.55. The number of rotatable bonds is 5. The average molecular weight is 349 g/mol. The van der Waals surface area contributed by atoms with E-state index < -0.39 is 5.97 Å². The molecule has 3 rings (SSSR count). The molecule has 128 valence electrons. The van der Waals surface area contributed by atoms with Crippen LogP contribution in [0.1, 0.15) is 21.7 Å². The lowest BCUT2D eigenvalue weighted by molar-refractivity contribution is 0.0559. The molecule has 5 nitrogen and oxygen atoms in total. The Bertz CT molecular complexity index is 676. The summed E-state index contributed by atoms with van der Waals surface area (Å²) in [5, 5.41) is 0.769. The molecule has 1 aliphatic rings. The number of ether oxygens (including phenoxy) is 1. The van der Waals surface area contributed by atoms with Crippen LogP contribution in [0.15, 0.2) is 41.0 Å². The highest BCUT2D eigenvalue weighted by atomic mass is 35.5. The van der Waals surface area contributed by atoms with Crippen molar-refractivity contribution in [1.29, 1.82) is 0 Å². The summed E-state index contributed by atoms with van der Waals surface area (Å²) >= 11 is 5.93. The second kappa shape index (κ2) is 7.83. The van der Waals surface area contributed by atoms with Gasteiger partial charge in [0.25, 0.3) is 0 Å². The van der Waals surface area contributed by atoms with Crippen molar-refractivity contribution >= 4 is 17.6 Å². The van der Waals surface area contributed by atoms with E-state index in [1.165, 1.54) is 12.7 Å². The minimum absolute atomic E-state index is 0.307. The number of furan rings is 1. The summed E-state index contributed by atoms with van der Waals surface area (Å²) in [6, 6.07) is 9.85. The van der Waals surface area contributed by atoms with Crippen LogP contribution in [0.3, 0.4) is 0 Å². The zero-order valence-corrected chi connectivity index (χ0v) is 14.5. The van der Waals surface area contributed by atoms with Crippen LogP contribution in [0.25, 0.3) is 0 Å². The number of methoxy groups -OCH3 is 1. The van der Waals surface area contributed by atoms with Crippen molar-refractivity contribution in [3.63, 3.8) is 0 Å². The van der Waals surface area contributed by atoms with Gasteiger partial charge in [-0.1, -0.05) is 23.7 Å². The van der Waals surface area contributed by atoms with Crippen LogP contribution < -0.4 is 0 Å². The molecule has 0 bridgehead atoms. The Morgan fingerprint density at radius 3 is 2.33 bits per heavy atom. The van der Waals surface area contributed by atoms with Crippen LogP contribution in [-0.4, -0.2) is 49.1 Å². The van der Waals surface area contributed by atoms with Gasteiger partial charge in [0.2, 0.25) is 5.76 Å². The first-order valence-electron chi connectivity index (χ1n) is 7.99. The van der Waals surface area contributed by atoms with Gasteiger partial charge in [0.15, 0.2) is 0 Å². The Labute approximate surface area is 146 Å². The number of esters is 1. The zero-order valence-electron chi connectivity index (χ0n) is 13.7. The molecule has 1 aromatic heterocycles. The van der Waals surface area contributed by atoms with E-state index in [0.29, 0.717) is 12.3 Å². The first kappa shape index (κ1) is 17.0. The molecule has 0 N–H and O–H groups in total. The Balaban J connectivity index is 1.51. The fourth-order valence-corrected chi connectivity index (χ4v) is 3.05. The second-order valence-corrected chi connectivity index (χ2v) is 6.38. The molecule has 0 unspecified atom stereocenters. The van der Waals surface area contributed by atoms with Gasteiger partial charge in [0.1, 0.15) is 0 Å². The Morgan fingerprint density at radius 1 is 1.08 bits per heavy atom. The molecular weight excluding hydrogens is 328 g/mol. The number of hydrogen-bond donors (Lipinski definition) is 0. The summed E-state index contributed by atoms with van der Waals surface area (Å²) in [5.74, 6) is -0.113. The van der Waals surface area contributed by atoms with Gasteiger partial charge in [0.05, 0.1) is 13.4 Å². The molecule has 1 aliphatic heterocycles. The molecule has 0 radical (unpaired) electrons. The Hall–Kier alpha value is -1.82. The number of carbonyl (C=O) groups excluding carboxylic acids is 1. The summed E-state index contributed by atoms with van der Waals surface area (Å²) in [6.07, 6.45) is 1.54. The number of halogens is 1. The van der Waals surface area contributed by atoms with Crippen molar-refractivity contribution in [2.75, 3.05) is 33.3 Å². The molecule has 6 heteroatoms. The van der Waals surface area contributed by atoms with Crippen LogP contribution in [0.4, 0.5) is 0 Å². The summed E-state index contributed by atoms with van der Waals surface area (Å²) in [6.45, 7) is 5.54. The highest BCUT2D eigenvalue weighted by Gasteiger charge is 2.21. The molecule has 0 aliphatic carbocycles. The van der Waals surface area contributed by atoms with E-state index in [9.17, 15) is 4.79 Å². The van der Waals surface area contributed by atoms with Crippen molar-refractivity contribution in [3.8, 4) is 0 Å². The van der Waals surface area contributed by atoms with Crippen LogP contribution in [0, 0.1) is 0 Å². The zero-order chi connectivity index (χ0) is 16.9. The van der Waals surface area contributed by atoms with Crippen molar-refractivity contribution in [3.05, 3.63) is 58.5 Å². The summed E-state index contributed by atoms with van der Waals surface area (Å²) in [7, 11) is 1.37. The van der Waals surface area contributed by atoms with Gasteiger partial charge in [-0.05, 0) is 23.8 Å². The average Bonchev–Trinajstić information content (AvgIpc) is 3.06. The number of hydrogen-bond acceptors (Lipinski definition) is 5. The van der Waals surface area contributed by atoms with E-state index in [-0.39, 0.29) is 0 Å². The van der Waals surface area contributed by atoms with Crippen molar-refractivity contribution < 1.29 is 13.9 Å². The van der Waals surface area contributed by atoms with E-state index in [2.05, 4.69) is 21.9 Å². The van der Waals surface area contributed by atoms with E-state index >= 15 is 0 Å². The predicted molar refractivity (Wildman–Crippen MR) is 92.1 cm³/mol. The standard InChI is InChI=1S/C18H21ClN2O3/c1-23-18(22)17-15(6-11-24-17)13-21-9-7-20(8-10-21)12-14-2-4-16(19)5-3-14/h2-6,11H,7-10,12-13H2,1H3. The first-order valence-corrected chi connectivity index (χ1v) is 8.37. The van der Waals surface area contributed by atoms with Gasteiger partial charge in [-0.3, -0.25) is 9.80 Å². The van der Waals surface area contributed by atoms with Crippen LogP contribution in [0.5, 0.6) is 0 Å². The van der Waals surface area contributed by atoms with Crippen LogP contribution >= 0.6 is 11.6 Å². The van der Waals surface area contributed by atoms with Gasteiger partial charge < -0.3 is 9.15 Å². The molecule has 0 spiro atoms. The second-order valence-electron chi connectivity index (χ2n) is 5.95. The largest absolute Gasteiger partial charge is 0.463 e. The highest BCUT2D eigenvalue weighted by molar-refractivity contribution is 6.30. The quantitative estimate of drug-likeness (QED) is 0.777. The van der Waals surface area contributed by atoms with Gasteiger partial charge in [-0.15, -0.1) is 0 Å². The van der Waals surface area contributed by atoms with E-state index in [0.717, 1.165) is 43.3 Å². The molecule has 1 fully saturated rings. The van der Waals surface area contributed by atoms with E-state index in [1.54, 1.807) is 6.26 Å². The van der Waals surface area contributed by atoms with E-state index in [4.69, 9.17) is 20.8 Å². The summed E-state index contributed by atoms with van der Waals surface area (Å²) in [4.78, 5) is 16.4. The maximum atomic E-state index is 11.7. The van der Waals surface area contributed by atoms with Crippen LogP contribution in [-0.2, 0) is 17.8 Å². The van der Waals surface area contributed by atoms with Gasteiger partial charge in [0, 0.05) is 49.9 Å². The third-order valence-electron chi connectivity index (χ3n) is 4.30. The minimum atomic E-state index is -0.420. The molecule has 1 aromatic carbocycles. The fourth-order valence-electron chi connectivity index (χ4n) is 2.93. The molecule has 0 atom stereocenters. The van der Waals surface area contributed by atoms with Gasteiger partial charge >= 0.3 is 5.97 Å². The number of nitrogens with zero attached hydrogens (tertiary/aromatic N) is 2. The first-order chi connectivity index (χ1) is 11.7. The molecule has 1 saturated heterocycles. The maximum absolute atomic E-state index is 11.7. The maximum Gasteiger partial charge on any atom is 0.374 e. The predicted octanol–water partition coefficient (Wildman–Crippen LogP) is 3.04. The number of benzene rings is 1. The number of piperazine rings is 1. The summed E-state index contributed by atoms with van der Waals surface area (Å²) in [5.41, 5.74) is 2.16. The van der Waals surface area contributed by atoms with Gasteiger partial charge in [-0.25, -0.2) is 4.79 Å². The fraction of sp³-hybridized carbons (Fsp3) is 0.389. The third kappa shape index (κ3) is 4.17. The molecule has 2 heterocycles. The van der Waals surface area contributed by atoms with Gasteiger partial charge in [-0.2, -0.15) is 0 Å². The van der Waals surface area contributed by atoms with Crippen molar-refractivity contribution in [2.24, 2.45) is 0 Å². The Kier molecular flexibility index (Phi) is 5.56. The minimum Gasteiger partial charge on any atom is -0.463 e. The normalized spacial score (nSPS) is 16.2. The van der Waals surface area contributed by atoms with Crippen molar-refractivity contribution in [2.45, 2.75) is 13.1 Å². The topological polar surface area (TPSA) is 45.9 Å². The smallest absolute Gasteiger partial charge is 0.374 e. The van der Waals surface area contributed by atoms with E-state index in [1.807, 2.05) is 18.2 Å². The molecule has 2 aromatic rings. The monoisotopic (exact) mass is 348 g/mol. The van der Waals surface area contributed by atoms with Crippen molar-refractivity contribution in [1.82, 2.24) is 9.80 Å². The lowest BCUT2D eigenvalue weighted by atomic mass is 10.2. The molecule has 24 heavy (non-hydrogen) atoms. The number of carbonyl (C=O) groups is 1. The lowest BCUT2D eigenvalue weighted by Gasteiger charge is -2.34. The summed E-state index contributed by atoms with van der Waals surface area (Å²) < 4.78 is 9.99. The molecule has 0 saturated carbocycles. The SMILES string of the molecule is COC(=O)c1occc1CN1CCN(Cc2ccc(Cl)cc2)CC1. The lowest BCUT2D eigenvalue weighted by Crippen LogP contribution is -2.45. The molecular formula is C18H21ClN2O3. The van der Waals surface area contributed by atoms with Crippen LogP contribution in [0.2, 0.25) is 5.02 Å². The Morgan fingerprint density at radius 2 is 1.71 bits per heavy atom.